The van der Waals surface area contributed by atoms with Crippen molar-refractivity contribution in [2.24, 2.45) is 0 Å². The van der Waals surface area contributed by atoms with Crippen molar-refractivity contribution in [2.45, 2.75) is 96.4 Å². The minimum absolute atomic E-state index is 0.0627. The van der Waals surface area contributed by atoms with Crippen LogP contribution in [0.4, 0.5) is 4.79 Å². The molecule has 3 N–H and O–H groups in total. The number of nitrogens with zero attached hydrogens (tertiary/aromatic N) is 1. The molecule has 3 amide bonds. The third-order valence-electron chi connectivity index (χ3n) is 6.68. The maximum Gasteiger partial charge on any atom is 0.315 e. The number of thiazole rings is 1. The summed E-state index contributed by atoms with van der Waals surface area (Å²) in [4.78, 5) is 29.9. The van der Waals surface area contributed by atoms with E-state index in [0.29, 0.717) is 12.3 Å². The second kappa shape index (κ2) is 11.7. The number of carbonyl (C=O) groups is 2. The van der Waals surface area contributed by atoms with E-state index >= 15 is 0 Å². The number of aryl methyl sites for hydroxylation is 2. The van der Waals surface area contributed by atoms with Crippen molar-refractivity contribution in [1.82, 2.24) is 20.9 Å². The molecule has 2 aliphatic rings. The van der Waals surface area contributed by atoms with Crippen LogP contribution < -0.4 is 20.7 Å². The van der Waals surface area contributed by atoms with E-state index in [1.54, 1.807) is 5.38 Å². The second-order valence-electron chi connectivity index (χ2n) is 9.66. The highest BCUT2D eigenvalue weighted by Crippen LogP contribution is 2.22. The van der Waals surface area contributed by atoms with Crippen LogP contribution in [0.2, 0.25) is 0 Å². The van der Waals surface area contributed by atoms with Crippen LogP contribution in [-0.2, 0) is 6.61 Å². The molecule has 2 aromatic rings. The lowest BCUT2D eigenvalue weighted by molar-refractivity contribution is 0.0911. The van der Waals surface area contributed by atoms with Crippen molar-refractivity contribution in [3.05, 3.63) is 45.4 Å². The number of carbonyl (C=O) groups excluding carboxylic acids is 2. The van der Waals surface area contributed by atoms with Crippen molar-refractivity contribution in [2.75, 3.05) is 0 Å². The molecule has 1 heterocycles. The molecule has 0 bridgehead atoms. The standard InChI is InChI=1S/C26H36N4O3S/c1-17-12-18(2)14-20(13-17)33-15-24-28-23(16-34-24)25(31)29-21-10-6-7-11-22(21)30-26(32)27-19-8-4-3-5-9-19/h12-14,16,19,21-22H,3-11,15H2,1-2H3,(H,29,31)(H2,27,30,32)/t21-,22+/m1/s1. The number of aromatic nitrogens is 1. The summed E-state index contributed by atoms with van der Waals surface area (Å²) in [6.07, 6.45) is 9.54. The van der Waals surface area contributed by atoms with Crippen molar-refractivity contribution in [3.8, 4) is 5.75 Å². The van der Waals surface area contributed by atoms with E-state index in [0.717, 1.165) is 60.4 Å². The van der Waals surface area contributed by atoms with Gasteiger partial charge in [0.2, 0.25) is 0 Å². The zero-order valence-corrected chi connectivity index (χ0v) is 21.0. The summed E-state index contributed by atoms with van der Waals surface area (Å²) in [6.45, 7) is 4.41. The minimum atomic E-state index is -0.194. The SMILES string of the molecule is Cc1cc(C)cc(OCc2nc(C(=O)N[C@@H]3CCCC[C@@H]3NC(=O)NC3CCCCC3)cs2)c1. The molecule has 7 nitrogen and oxygen atoms in total. The average Bonchev–Trinajstić information content (AvgIpc) is 3.28. The Labute approximate surface area is 206 Å². The Balaban J connectivity index is 1.29. The Morgan fingerprint density at radius 2 is 1.56 bits per heavy atom. The van der Waals surface area contributed by atoms with Crippen LogP contribution in [0.25, 0.3) is 0 Å². The molecule has 2 aliphatic carbocycles. The molecule has 0 saturated heterocycles. The summed E-state index contributed by atoms with van der Waals surface area (Å²) in [5.74, 6) is 0.613. The first kappa shape index (κ1) is 24.5. The molecule has 8 heteroatoms. The molecule has 4 rings (SSSR count). The molecule has 2 fully saturated rings. The number of nitrogens with one attached hydrogen (secondary N) is 3. The summed E-state index contributed by atoms with van der Waals surface area (Å²) in [5, 5.41) is 11.9. The van der Waals surface area contributed by atoms with Gasteiger partial charge in [0.25, 0.3) is 5.91 Å². The van der Waals surface area contributed by atoms with Crippen LogP contribution >= 0.6 is 11.3 Å². The smallest absolute Gasteiger partial charge is 0.315 e. The van der Waals surface area contributed by atoms with Crippen molar-refractivity contribution in [1.29, 1.82) is 0 Å². The first-order valence-corrected chi connectivity index (χ1v) is 13.4. The van der Waals surface area contributed by atoms with Gasteiger partial charge in [-0.1, -0.05) is 38.2 Å². The molecule has 0 unspecified atom stereocenters. The average molecular weight is 485 g/mol. The molecule has 1 aromatic heterocycles. The Kier molecular flexibility index (Phi) is 8.43. The van der Waals surface area contributed by atoms with Gasteiger partial charge >= 0.3 is 6.03 Å². The van der Waals surface area contributed by atoms with Crippen molar-refractivity contribution < 1.29 is 14.3 Å². The normalized spacial score (nSPS) is 21.0. The van der Waals surface area contributed by atoms with Gasteiger partial charge in [-0.3, -0.25) is 4.79 Å². The highest BCUT2D eigenvalue weighted by Gasteiger charge is 2.29. The van der Waals surface area contributed by atoms with Crippen molar-refractivity contribution in [3.63, 3.8) is 0 Å². The third-order valence-corrected chi connectivity index (χ3v) is 7.50. The molecular formula is C26H36N4O3S. The van der Waals surface area contributed by atoms with E-state index < -0.39 is 0 Å². The minimum Gasteiger partial charge on any atom is -0.486 e. The summed E-state index contributed by atoms with van der Waals surface area (Å²) < 4.78 is 5.88. The Bertz CT molecular complexity index is 966. The largest absolute Gasteiger partial charge is 0.486 e. The van der Waals surface area contributed by atoms with Gasteiger partial charge in [0.1, 0.15) is 23.1 Å². The number of urea groups is 1. The van der Waals surface area contributed by atoms with E-state index in [-0.39, 0.29) is 30.1 Å². The number of hydrogen-bond donors (Lipinski definition) is 3. The predicted octanol–water partition coefficient (Wildman–Crippen LogP) is 5.01. The number of ether oxygens (including phenoxy) is 1. The first-order valence-electron chi connectivity index (χ1n) is 12.5. The van der Waals surface area contributed by atoms with Gasteiger partial charge in [0.05, 0.1) is 6.04 Å². The summed E-state index contributed by atoms with van der Waals surface area (Å²) >= 11 is 1.42. The Morgan fingerprint density at radius 1 is 0.912 bits per heavy atom. The maximum absolute atomic E-state index is 12.9. The van der Waals surface area contributed by atoms with Gasteiger partial charge in [-0.05, 0) is 62.8 Å². The predicted molar refractivity (Wildman–Crippen MR) is 134 cm³/mol. The van der Waals surface area contributed by atoms with Gasteiger partial charge in [-0.25, -0.2) is 9.78 Å². The molecule has 0 aliphatic heterocycles. The quantitative estimate of drug-likeness (QED) is 0.515. The zero-order chi connectivity index (χ0) is 23.9. The van der Waals surface area contributed by atoms with E-state index in [2.05, 4.69) is 27.0 Å². The van der Waals surface area contributed by atoms with Crippen molar-refractivity contribution >= 4 is 23.3 Å². The number of benzene rings is 1. The molecule has 2 atom stereocenters. The Hall–Kier alpha value is -2.61. The molecule has 2 saturated carbocycles. The fourth-order valence-corrected chi connectivity index (χ4v) is 5.69. The lowest BCUT2D eigenvalue weighted by atomic mass is 9.90. The summed E-state index contributed by atoms with van der Waals surface area (Å²) in [6, 6.07) is 6.10. The van der Waals surface area contributed by atoms with E-state index in [4.69, 9.17) is 4.74 Å². The third kappa shape index (κ3) is 6.95. The first-order chi connectivity index (χ1) is 16.5. The lowest BCUT2D eigenvalue weighted by Crippen LogP contribution is -2.56. The molecule has 34 heavy (non-hydrogen) atoms. The molecule has 0 spiro atoms. The van der Waals surface area contributed by atoms with Crippen LogP contribution in [0.5, 0.6) is 5.75 Å². The van der Waals surface area contributed by atoms with Gasteiger partial charge in [-0.2, -0.15) is 0 Å². The maximum atomic E-state index is 12.9. The lowest BCUT2D eigenvalue weighted by Gasteiger charge is -2.33. The van der Waals surface area contributed by atoms with Crippen LogP contribution in [0.1, 0.15) is 84.4 Å². The monoisotopic (exact) mass is 484 g/mol. The van der Waals surface area contributed by atoms with Crippen LogP contribution in [0.3, 0.4) is 0 Å². The second-order valence-corrected chi connectivity index (χ2v) is 10.6. The van der Waals surface area contributed by atoms with Gasteiger partial charge in [-0.15, -0.1) is 11.3 Å². The fraction of sp³-hybridized carbons (Fsp3) is 0.577. The topological polar surface area (TPSA) is 92.3 Å². The molecular weight excluding hydrogens is 448 g/mol. The number of hydrogen-bond acceptors (Lipinski definition) is 5. The highest BCUT2D eigenvalue weighted by atomic mass is 32.1. The molecule has 184 valence electrons. The Morgan fingerprint density at radius 3 is 2.26 bits per heavy atom. The molecule has 1 aromatic carbocycles. The summed E-state index contributed by atoms with van der Waals surface area (Å²) in [7, 11) is 0. The van der Waals surface area contributed by atoms with E-state index in [1.165, 1.54) is 30.6 Å². The van der Waals surface area contributed by atoms with Crippen LogP contribution in [0.15, 0.2) is 23.6 Å². The van der Waals surface area contributed by atoms with Crippen LogP contribution in [-0.4, -0.2) is 35.0 Å². The highest BCUT2D eigenvalue weighted by molar-refractivity contribution is 7.09. The summed E-state index contributed by atoms with van der Waals surface area (Å²) in [5.41, 5.74) is 2.70. The van der Waals surface area contributed by atoms with Gasteiger partial charge < -0.3 is 20.7 Å². The zero-order valence-electron chi connectivity index (χ0n) is 20.2. The van der Waals surface area contributed by atoms with E-state index in [1.807, 2.05) is 26.0 Å². The van der Waals surface area contributed by atoms with E-state index in [9.17, 15) is 9.59 Å². The van der Waals surface area contributed by atoms with Gasteiger partial charge in [0.15, 0.2) is 0 Å². The van der Waals surface area contributed by atoms with Gasteiger partial charge in [0, 0.05) is 17.5 Å². The number of amides is 3. The number of rotatable bonds is 7. The molecule has 0 radical (unpaired) electrons. The van der Waals surface area contributed by atoms with Crippen LogP contribution in [0, 0.1) is 13.8 Å². The fourth-order valence-electron chi connectivity index (χ4n) is 5.00.